The van der Waals surface area contributed by atoms with Crippen LogP contribution in [0.3, 0.4) is 0 Å². The molecule has 1 N–H and O–H groups in total. The minimum Gasteiger partial charge on any atom is -0.479 e. The summed E-state index contributed by atoms with van der Waals surface area (Å²) in [7, 11) is 1.88. The molecule has 0 aliphatic heterocycles. The van der Waals surface area contributed by atoms with Crippen LogP contribution in [-0.4, -0.2) is 40.8 Å². The van der Waals surface area contributed by atoms with Gasteiger partial charge in [-0.2, -0.15) is 13.2 Å². The first-order chi connectivity index (χ1) is 14.8. The molecule has 174 valence electrons. The van der Waals surface area contributed by atoms with Crippen LogP contribution in [0.1, 0.15) is 12.6 Å². The van der Waals surface area contributed by atoms with E-state index in [9.17, 15) is 36.7 Å². The molecule has 2 rings (SSSR count). The van der Waals surface area contributed by atoms with E-state index in [2.05, 4.69) is 10.1 Å². The molecule has 1 unspecified atom stereocenters. The number of benzene rings is 1. The van der Waals surface area contributed by atoms with Gasteiger partial charge in [0.15, 0.2) is 6.10 Å². The van der Waals surface area contributed by atoms with E-state index in [1.807, 2.05) is 0 Å². The van der Waals surface area contributed by atoms with E-state index in [0.29, 0.717) is 6.07 Å². The number of nitrogens with zero attached hydrogens (tertiary/aromatic N) is 2. The van der Waals surface area contributed by atoms with Crippen molar-refractivity contribution in [2.45, 2.75) is 19.2 Å². The molecule has 14 heteroatoms. The fourth-order valence-corrected chi connectivity index (χ4v) is 2.71. The first-order valence-corrected chi connectivity index (χ1v) is 9.06. The van der Waals surface area contributed by atoms with Gasteiger partial charge >= 0.3 is 17.8 Å². The zero-order valence-corrected chi connectivity index (χ0v) is 17.5. The van der Waals surface area contributed by atoms with Crippen LogP contribution >= 0.6 is 11.6 Å². The van der Waals surface area contributed by atoms with Crippen LogP contribution in [0.4, 0.5) is 17.6 Å². The van der Waals surface area contributed by atoms with Gasteiger partial charge in [0.2, 0.25) is 0 Å². The zero-order chi connectivity index (χ0) is 24.4. The maximum absolute atomic E-state index is 14.5. The van der Waals surface area contributed by atoms with Crippen LogP contribution in [0.5, 0.6) is 5.75 Å². The van der Waals surface area contributed by atoms with Crippen LogP contribution in [0.2, 0.25) is 5.02 Å². The first kappa shape index (κ1) is 24.9. The quantitative estimate of drug-likeness (QED) is 0.493. The number of carbonyl (C=O) groups is 2. The lowest BCUT2D eigenvalue weighted by molar-refractivity contribution is -0.144. The summed E-state index contributed by atoms with van der Waals surface area (Å²) in [4.78, 5) is 47.7. The molecule has 0 fully saturated rings. The molecule has 1 amide bonds. The van der Waals surface area contributed by atoms with Crippen LogP contribution in [0.25, 0.3) is 5.69 Å². The standard InChI is InChI=1S/C18H16ClF4N3O6/c1-8(16(29)24-7-15(28)31-3)32-12-5-11(10(20)4-9(12)19)26-14(27)6-13(18(21,22)23)25(2)17(26)30/h4-6,8H,7H2,1-3H3,(H,24,29). The molecular weight excluding hydrogens is 466 g/mol. The van der Waals surface area contributed by atoms with Crippen molar-refractivity contribution < 1.29 is 36.6 Å². The third kappa shape index (κ3) is 5.28. The zero-order valence-electron chi connectivity index (χ0n) is 16.8. The van der Waals surface area contributed by atoms with Crippen LogP contribution in [0.15, 0.2) is 27.8 Å². The molecule has 0 aliphatic rings. The molecule has 0 saturated heterocycles. The molecule has 1 aromatic carbocycles. The maximum atomic E-state index is 14.5. The van der Waals surface area contributed by atoms with E-state index in [1.165, 1.54) is 6.92 Å². The van der Waals surface area contributed by atoms with Gasteiger partial charge in [0.05, 0.1) is 17.8 Å². The molecule has 2 aromatic rings. The molecular formula is C18H16ClF4N3O6. The number of carbonyl (C=O) groups excluding carboxylic acids is 2. The molecule has 1 heterocycles. The Balaban J connectivity index is 2.47. The van der Waals surface area contributed by atoms with E-state index in [0.717, 1.165) is 20.2 Å². The average Bonchev–Trinajstić information content (AvgIpc) is 2.70. The highest BCUT2D eigenvalue weighted by Crippen LogP contribution is 2.30. The van der Waals surface area contributed by atoms with Crippen molar-refractivity contribution in [3.63, 3.8) is 0 Å². The number of alkyl halides is 3. The Hall–Kier alpha value is -3.35. The largest absolute Gasteiger partial charge is 0.479 e. The van der Waals surface area contributed by atoms with Crippen molar-refractivity contribution in [3.8, 4) is 11.4 Å². The number of amides is 1. The number of hydrogen-bond acceptors (Lipinski definition) is 6. The van der Waals surface area contributed by atoms with E-state index in [4.69, 9.17) is 16.3 Å². The molecule has 0 bridgehead atoms. The number of aromatic nitrogens is 2. The van der Waals surface area contributed by atoms with Gasteiger partial charge in [-0.25, -0.2) is 13.8 Å². The van der Waals surface area contributed by atoms with E-state index < -0.39 is 59.1 Å². The van der Waals surface area contributed by atoms with Crippen LogP contribution in [-0.2, 0) is 27.5 Å². The van der Waals surface area contributed by atoms with Gasteiger partial charge < -0.3 is 14.8 Å². The summed E-state index contributed by atoms with van der Waals surface area (Å²) in [5.41, 5.74) is -5.19. The fraction of sp³-hybridized carbons (Fsp3) is 0.333. The smallest absolute Gasteiger partial charge is 0.431 e. The maximum Gasteiger partial charge on any atom is 0.431 e. The number of halogens is 5. The van der Waals surface area contributed by atoms with Crippen molar-refractivity contribution in [1.82, 2.24) is 14.5 Å². The van der Waals surface area contributed by atoms with Crippen LogP contribution in [0, 0.1) is 5.82 Å². The Morgan fingerprint density at radius 2 is 1.84 bits per heavy atom. The average molecular weight is 482 g/mol. The number of esters is 1. The minimum absolute atomic E-state index is 0.138. The second-order valence-electron chi connectivity index (χ2n) is 6.33. The highest BCUT2D eigenvalue weighted by atomic mass is 35.5. The summed E-state index contributed by atoms with van der Waals surface area (Å²) in [5, 5.41) is 1.85. The van der Waals surface area contributed by atoms with Crippen molar-refractivity contribution >= 4 is 23.5 Å². The second kappa shape index (κ2) is 9.42. The lowest BCUT2D eigenvalue weighted by Gasteiger charge is -2.18. The SMILES string of the molecule is COC(=O)CNC(=O)C(C)Oc1cc(-n2c(=O)cc(C(F)(F)F)n(C)c2=O)c(F)cc1Cl. The van der Waals surface area contributed by atoms with E-state index >= 15 is 0 Å². The molecule has 32 heavy (non-hydrogen) atoms. The highest BCUT2D eigenvalue weighted by Gasteiger charge is 2.35. The van der Waals surface area contributed by atoms with Crippen molar-refractivity contribution in [1.29, 1.82) is 0 Å². The van der Waals surface area contributed by atoms with Gasteiger partial charge in [0, 0.05) is 19.2 Å². The summed E-state index contributed by atoms with van der Waals surface area (Å²) >= 11 is 5.89. The highest BCUT2D eigenvalue weighted by molar-refractivity contribution is 6.32. The fourth-order valence-electron chi connectivity index (χ4n) is 2.52. The molecule has 0 radical (unpaired) electrons. The lowest BCUT2D eigenvalue weighted by atomic mass is 10.2. The Kier molecular flexibility index (Phi) is 7.34. The van der Waals surface area contributed by atoms with E-state index in [1.54, 1.807) is 0 Å². The normalized spacial score (nSPS) is 12.2. The predicted octanol–water partition coefficient (Wildman–Crippen LogP) is 1.40. The molecule has 1 atom stereocenters. The predicted molar refractivity (Wildman–Crippen MR) is 102 cm³/mol. The van der Waals surface area contributed by atoms with Crippen molar-refractivity contribution in [3.05, 3.63) is 55.6 Å². The monoisotopic (exact) mass is 481 g/mol. The summed E-state index contributed by atoms with van der Waals surface area (Å²) in [6, 6.07) is 1.59. The lowest BCUT2D eigenvalue weighted by Crippen LogP contribution is -2.41. The molecule has 0 spiro atoms. The Morgan fingerprint density at radius 1 is 1.22 bits per heavy atom. The topological polar surface area (TPSA) is 109 Å². The van der Waals surface area contributed by atoms with Crippen LogP contribution < -0.4 is 21.3 Å². The number of ether oxygens (including phenoxy) is 2. The van der Waals surface area contributed by atoms with Gasteiger partial charge in [-0.1, -0.05) is 11.6 Å². The molecule has 0 saturated carbocycles. The first-order valence-electron chi connectivity index (χ1n) is 8.68. The van der Waals surface area contributed by atoms with E-state index in [-0.39, 0.29) is 26.0 Å². The molecule has 9 nitrogen and oxygen atoms in total. The van der Waals surface area contributed by atoms with Gasteiger partial charge in [0.25, 0.3) is 11.5 Å². The number of nitrogens with one attached hydrogen (secondary N) is 1. The number of methoxy groups -OCH3 is 1. The van der Waals surface area contributed by atoms with Gasteiger partial charge in [-0.3, -0.25) is 19.0 Å². The summed E-state index contributed by atoms with van der Waals surface area (Å²) in [6.07, 6.45) is -6.27. The minimum atomic E-state index is -4.99. The second-order valence-corrected chi connectivity index (χ2v) is 6.74. The van der Waals surface area contributed by atoms with Gasteiger partial charge in [0.1, 0.15) is 23.8 Å². The summed E-state index contributed by atoms with van der Waals surface area (Å²) in [6.45, 7) is 0.803. The summed E-state index contributed by atoms with van der Waals surface area (Å²) in [5.74, 6) is -3.06. The Bertz CT molecular complexity index is 1180. The molecule has 0 aliphatic carbocycles. The third-order valence-corrected chi connectivity index (χ3v) is 4.46. The Morgan fingerprint density at radius 3 is 2.41 bits per heavy atom. The molecule has 1 aromatic heterocycles. The number of hydrogen-bond donors (Lipinski definition) is 1. The number of rotatable bonds is 6. The van der Waals surface area contributed by atoms with Crippen molar-refractivity contribution in [2.24, 2.45) is 7.05 Å². The third-order valence-electron chi connectivity index (χ3n) is 4.16. The van der Waals surface area contributed by atoms with Crippen molar-refractivity contribution in [2.75, 3.05) is 13.7 Å². The van der Waals surface area contributed by atoms with Gasteiger partial charge in [-0.15, -0.1) is 0 Å². The Labute approximate surface area is 182 Å². The van der Waals surface area contributed by atoms with Gasteiger partial charge in [-0.05, 0) is 13.0 Å². The summed E-state index contributed by atoms with van der Waals surface area (Å²) < 4.78 is 63.5.